The molecule has 0 aliphatic rings. The number of halogens is 1. The van der Waals surface area contributed by atoms with E-state index in [1.54, 1.807) is 4.68 Å². The molecule has 3 aromatic heterocycles. The Morgan fingerprint density at radius 3 is 2.67 bits per heavy atom. The molecule has 3 aromatic rings. The summed E-state index contributed by atoms with van der Waals surface area (Å²) in [5, 5.41) is 8.15. The van der Waals surface area contributed by atoms with Crippen molar-refractivity contribution in [2.45, 2.75) is 33.4 Å². The number of rotatable bonds is 6. The lowest BCUT2D eigenvalue weighted by Gasteiger charge is -2.14. The fraction of sp³-hybridized carbons (Fsp3) is 0.368. The number of amides is 2. The van der Waals surface area contributed by atoms with E-state index in [0.717, 1.165) is 22.3 Å². The van der Waals surface area contributed by atoms with Crippen LogP contribution in [-0.2, 0) is 18.5 Å². The molecule has 3 N–H and O–H groups in total. The second-order valence-electron chi connectivity index (χ2n) is 7.11. The summed E-state index contributed by atoms with van der Waals surface area (Å²) in [5.41, 5.74) is 7.87. The van der Waals surface area contributed by atoms with Gasteiger partial charge in [0, 0.05) is 25.6 Å². The van der Waals surface area contributed by atoms with Crippen molar-refractivity contribution in [3.63, 3.8) is 0 Å². The van der Waals surface area contributed by atoms with E-state index in [2.05, 4.69) is 40.1 Å². The number of hydrogen-bond acceptors (Lipinski definition) is 6. The summed E-state index contributed by atoms with van der Waals surface area (Å²) < 4.78 is 7.86. The van der Waals surface area contributed by atoms with Crippen molar-refractivity contribution in [1.82, 2.24) is 24.8 Å². The van der Waals surface area contributed by atoms with Crippen molar-refractivity contribution in [3.05, 3.63) is 45.0 Å². The predicted molar refractivity (Wildman–Crippen MR) is 116 cm³/mol. The van der Waals surface area contributed by atoms with Gasteiger partial charge in [0.25, 0.3) is 5.56 Å². The number of hydrazine groups is 1. The monoisotopic (exact) mass is 433 g/mol. The molecule has 0 fully saturated rings. The van der Waals surface area contributed by atoms with E-state index in [0.29, 0.717) is 5.82 Å². The molecule has 0 spiro atoms. The maximum absolute atomic E-state index is 12.3. The third kappa shape index (κ3) is 4.39. The molecule has 0 radical (unpaired) electrons. The summed E-state index contributed by atoms with van der Waals surface area (Å²) in [6, 6.07) is 4.01. The molecule has 3 heterocycles. The average Bonchev–Trinajstić information content (AvgIpc) is 2.96. The highest BCUT2D eigenvalue weighted by Gasteiger charge is 2.16. The first-order chi connectivity index (χ1) is 14.2. The lowest BCUT2D eigenvalue weighted by molar-refractivity contribution is 0.128. The number of pyridine rings is 2. The summed E-state index contributed by atoms with van der Waals surface area (Å²) in [6.07, 6.45) is 0. The summed E-state index contributed by atoms with van der Waals surface area (Å²) in [7, 11) is 3.28. The highest BCUT2D eigenvalue weighted by Crippen LogP contribution is 2.28. The Kier molecular flexibility index (Phi) is 6.28. The van der Waals surface area contributed by atoms with Gasteiger partial charge in [0.1, 0.15) is 17.7 Å². The Bertz CT molecular complexity index is 1150. The first kappa shape index (κ1) is 21.6. The van der Waals surface area contributed by atoms with E-state index in [9.17, 15) is 9.59 Å². The van der Waals surface area contributed by atoms with Gasteiger partial charge in [0.2, 0.25) is 0 Å². The minimum atomic E-state index is -0.580. The number of ether oxygens (including phenoxy) is 1. The molecular weight excluding hydrogens is 410 g/mol. The van der Waals surface area contributed by atoms with Crippen molar-refractivity contribution in [2.75, 3.05) is 17.9 Å². The molecule has 0 aliphatic heterocycles. The van der Waals surface area contributed by atoms with Crippen LogP contribution in [0.5, 0.6) is 0 Å². The highest BCUT2D eigenvalue weighted by atomic mass is 35.5. The van der Waals surface area contributed by atoms with Gasteiger partial charge in [-0.15, -0.1) is 0 Å². The summed E-state index contributed by atoms with van der Waals surface area (Å²) in [4.78, 5) is 28.9. The van der Waals surface area contributed by atoms with Gasteiger partial charge < -0.3 is 10.1 Å². The molecule has 0 unspecified atom stereocenters. The third-order valence-electron chi connectivity index (χ3n) is 4.52. The van der Waals surface area contributed by atoms with Crippen molar-refractivity contribution in [2.24, 2.45) is 7.05 Å². The van der Waals surface area contributed by atoms with Crippen LogP contribution in [0.3, 0.4) is 0 Å². The van der Waals surface area contributed by atoms with Crippen molar-refractivity contribution in [3.8, 4) is 0 Å². The van der Waals surface area contributed by atoms with E-state index in [1.165, 1.54) is 23.8 Å². The van der Waals surface area contributed by atoms with E-state index in [1.807, 2.05) is 20.0 Å². The predicted octanol–water partition coefficient (Wildman–Crippen LogP) is 2.97. The summed E-state index contributed by atoms with van der Waals surface area (Å²) >= 11 is 6.07. The van der Waals surface area contributed by atoms with Crippen LogP contribution in [0.15, 0.2) is 23.0 Å². The first-order valence-corrected chi connectivity index (χ1v) is 9.65. The number of carbonyl (C=O) groups is 1. The van der Waals surface area contributed by atoms with Gasteiger partial charge in [0.05, 0.1) is 11.4 Å². The highest BCUT2D eigenvalue weighted by molar-refractivity contribution is 6.29. The molecule has 0 bridgehead atoms. The van der Waals surface area contributed by atoms with E-state index < -0.39 is 11.6 Å². The normalized spacial score (nSPS) is 11.2. The number of nitrogens with one attached hydrogen (secondary N) is 3. The van der Waals surface area contributed by atoms with Crippen molar-refractivity contribution >= 4 is 40.2 Å². The van der Waals surface area contributed by atoms with Gasteiger partial charge in [-0.05, 0) is 30.5 Å². The van der Waals surface area contributed by atoms with Crippen LogP contribution >= 0.6 is 11.6 Å². The molecule has 0 aliphatic carbocycles. The molecular formula is C19H24ClN7O3. The molecule has 0 aromatic carbocycles. The van der Waals surface area contributed by atoms with Gasteiger partial charge in [0.15, 0.2) is 5.65 Å². The summed E-state index contributed by atoms with van der Waals surface area (Å²) in [6.45, 7) is 6.13. The smallest absolute Gasteiger partial charge is 0.337 e. The van der Waals surface area contributed by atoms with Gasteiger partial charge >= 0.3 is 6.03 Å². The molecule has 2 amide bonds. The first-order valence-electron chi connectivity index (χ1n) is 9.27. The van der Waals surface area contributed by atoms with Crippen LogP contribution in [0.2, 0.25) is 5.15 Å². The van der Waals surface area contributed by atoms with Gasteiger partial charge in [-0.1, -0.05) is 25.4 Å². The SMILES string of the molecule is COCn1c(Cl)cc(NC(=O)NNc2cc(C(C)C)c3c(C)nn(C)c3n2)cc1=O. The van der Waals surface area contributed by atoms with Crippen LogP contribution in [0.4, 0.5) is 16.3 Å². The van der Waals surface area contributed by atoms with Crippen molar-refractivity contribution in [1.29, 1.82) is 0 Å². The lowest BCUT2D eigenvalue weighted by Crippen LogP contribution is -2.34. The quantitative estimate of drug-likeness (QED) is 0.406. The number of hydrogen-bond donors (Lipinski definition) is 3. The topological polar surface area (TPSA) is 115 Å². The molecule has 10 nitrogen and oxygen atoms in total. The number of aromatic nitrogens is 4. The maximum atomic E-state index is 12.3. The van der Waals surface area contributed by atoms with Gasteiger partial charge in [-0.25, -0.2) is 9.78 Å². The molecule has 11 heteroatoms. The molecule has 0 saturated heterocycles. The Morgan fingerprint density at radius 2 is 2.03 bits per heavy atom. The van der Waals surface area contributed by atoms with Crippen LogP contribution in [0.25, 0.3) is 11.0 Å². The Morgan fingerprint density at radius 1 is 1.30 bits per heavy atom. The lowest BCUT2D eigenvalue weighted by atomic mass is 10.00. The average molecular weight is 434 g/mol. The molecule has 0 saturated carbocycles. The minimum absolute atomic E-state index is 0.0194. The maximum Gasteiger partial charge on any atom is 0.337 e. The zero-order chi connectivity index (χ0) is 22.0. The zero-order valence-electron chi connectivity index (χ0n) is 17.4. The number of carbonyl (C=O) groups excluding carboxylic acids is 1. The molecule has 3 rings (SSSR count). The Labute approximate surface area is 178 Å². The van der Waals surface area contributed by atoms with Crippen molar-refractivity contribution < 1.29 is 9.53 Å². The van der Waals surface area contributed by atoms with Crippen LogP contribution < -0.4 is 21.7 Å². The van der Waals surface area contributed by atoms with E-state index in [-0.39, 0.29) is 23.5 Å². The van der Waals surface area contributed by atoms with Crippen LogP contribution in [0, 0.1) is 6.92 Å². The molecule has 0 atom stereocenters. The Balaban J connectivity index is 1.76. The molecule has 30 heavy (non-hydrogen) atoms. The third-order valence-corrected chi connectivity index (χ3v) is 4.83. The number of anilines is 2. The Hall–Kier alpha value is -3.11. The second kappa shape index (κ2) is 8.72. The number of fused-ring (bicyclic) bond motifs is 1. The largest absolute Gasteiger partial charge is 0.364 e. The fourth-order valence-electron chi connectivity index (χ4n) is 3.17. The number of aryl methyl sites for hydroxylation is 2. The standard InChI is InChI=1S/C19H24ClN7O3/c1-10(2)13-8-15(22-18-17(13)11(3)25-26(18)4)23-24-19(29)21-12-6-14(20)27(9-30-5)16(28)7-12/h6-8,10H,9H2,1-5H3,(H,22,23)(H2,21,24,29). The minimum Gasteiger partial charge on any atom is -0.364 e. The van der Waals surface area contributed by atoms with Gasteiger partial charge in [-0.2, -0.15) is 5.10 Å². The van der Waals surface area contributed by atoms with Crippen LogP contribution in [0.1, 0.15) is 31.0 Å². The van der Waals surface area contributed by atoms with E-state index in [4.69, 9.17) is 16.3 Å². The second-order valence-corrected chi connectivity index (χ2v) is 7.50. The van der Waals surface area contributed by atoms with E-state index >= 15 is 0 Å². The zero-order valence-corrected chi connectivity index (χ0v) is 18.2. The van der Waals surface area contributed by atoms with Crippen LogP contribution in [-0.4, -0.2) is 32.5 Å². The van der Waals surface area contributed by atoms with Gasteiger partial charge in [-0.3, -0.25) is 24.9 Å². The summed E-state index contributed by atoms with van der Waals surface area (Å²) in [5.74, 6) is 0.714. The number of nitrogens with zero attached hydrogens (tertiary/aromatic N) is 4. The fourth-order valence-corrected chi connectivity index (χ4v) is 3.42. The number of methoxy groups -OCH3 is 1. The number of urea groups is 1. The molecule has 160 valence electrons.